The number of non-ortho nitro benzene ring substituents is 1. The van der Waals surface area contributed by atoms with Gasteiger partial charge in [-0.05, 0) is 24.3 Å². The molecule has 0 spiro atoms. The van der Waals surface area contributed by atoms with Crippen molar-refractivity contribution in [2.45, 2.75) is 12.1 Å². The zero-order chi connectivity index (χ0) is 22.8. The first-order valence-electron chi connectivity index (χ1n) is 9.10. The first-order valence-corrected chi connectivity index (χ1v) is 9.10. The Kier molecular flexibility index (Phi) is 5.16. The van der Waals surface area contributed by atoms with Crippen molar-refractivity contribution in [1.82, 2.24) is 16.3 Å². The molecule has 0 aromatic heterocycles. The van der Waals surface area contributed by atoms with Gasteiger partial charge < -0.3 is 0 Å². The standard InChI is InChI=1S/C18H14N8O6/c27-15-13(17(29)24(21-15)10-4-2-1-3-5-10)19-23-20-14-16(28)22-25(18(14)30)11-6-8-12(9-7-11)26(31)32/h1-9,13-14H,(H,19,20)(H,21,27)(H,22,28). The third-order valence-electron chi connectivity index (χ3n) is 4.57. The van der Waals surface area contributed by atoms with Crippen molar-refractivity contribution in [3.05, 3.63) is 64.7 Å². The summed E-state index contributed by atoms with van der Waals surface area (Å²) in [7, 11) is 0. The zero-order valence-corrected chi connectivity index (χ0v) is 16.0. The van der Waals surface area contributed by atoms with Crippen LogP contribution in [0.1, 0.15) is 0 Å². The average molecular weight is 438 g/mol. The summed E-state index contributed by atoms with van der Waals surface area (Å²) in [6, 6.07) is 10.3. The summed E-state index contributed by atoms with van der Waals surface area (Å²) >= 11 is 0. The molecule has 2 aliphatic heterocycles. The number of benzene rings is 2. The van der Waals surface area contributed by atoms with E-state index >= 15 is 0 Å². The number of hydrogen-bond donors (Lipinski definition) is 3. The van der Waals surface area contributed by atoms with Crippen molar-refractivity contribution in [3.63, 3.8) is 0 Å². The molecule has 32 heavy (non-hydrogen) atoms. The van der Waals surface area contributed by atoms with Crippen LogP contribution >= 0.6 is 0 Å². The maximum atomic E-state index is 12.5. The lowest BCUT2D eigenvalue weighted by Crippen LogP contribution is -2.38. The number of nitro benzene ring substituents is 1. The van der Waals surface area contributed by atoms with Gasteiger partial charge in [-0.25, -0.2) is 10.0 Å². The third kappa shape index (κ3) is 3.67. The van der Waals surface area contributed by atoms with Gasteiger partial charge in [0, 0.05) is 12.1 Å². The van der Waals surface area contributed by atoms with Crippen LogP contribution in [0.25, 0.3) is 0 Å². The largest absolute Gasteiger partial charge is 0.282 e. The molecule has 4 amide bonds. The minimum absolute atomic E-state index is 0.181. The fourth-order valence-corrected chi connectivity index (χ4v) is 2.98. The highest BCUT2D eigenvalue weighted by atomic mass is 16.6. The first kappa shape index (κ1) is 20.4. The molecule has 0 saturated carbocycles. The number of hydrazine groups is 2. The summed E-state index contributed by atoms with van der Waals surface area (Å²) in [6.45, 7) is 0. The van der Waals surface area contributed by atoms with Crippen LogP contribution in [0.4, 0.5) is 17.1 Å². The quantitative estimate of drug-likeness (QED) is 0.241. The highest BCUT2D eigenvalue weighted by molar-refractivity contribution is 6.18. The van der Waals surface area contributed by atoms with E-state index in [0.29, 0.717) is 5.69 Å². The monoisotopic (exact) mass is 438 g/mol. The van der Waals surface area contributed by atoms with Gasteiger partial charge in [0.2, 0.25) is 12.1 Å². The molecule has 2 atom stereocenters. The number of nitrogens with one attached hydrogen (secondary N) is 3. The molecule has 2 fully saturated rings. The summed E-state index contributed by atoms with van der Waals surface area (Å²) in [4.78, 5) is 59.3. The van der Waals surface area contributed by atoms with Crippen LogP contribution in [-0.2, 0) is 19.2 Å². The van der Waals surface area contributed by atoms with E-state index in [9.17, 15) is 29.3 Å². The molecule has 4 rings (SSSR count). The summed E-state index contributed by atoms with van der Waals surface area (Å²) < 4.78 is 0. The van der Waals surface area contributed by atoms with Crippen molar-refractivity contribution < 1.29 is 24.1 Å². The molecule has 0 bridgehead atoms. The number of amides is 4. The second-order valence-electron chi connectivity index (χ2n) is 6.59. The molecular formula is C18H14N8O6. The van der Waals surface area contributed by atoms with Crippen molar-refractivity contribution in [1.29, 1.82) is 0 Å². The zero-order valence-electron chi connectivity index (χ0n) is 16.0. The van der Waals surface area contributed by atoms with E-state index in [1.54, 1.807) is 30.3 Å². The van der Waals surface area contributed by atoms with E-state index in [0.717, 1.165) is 10.0 Å². The van der Waals surface area contributed by atoms with Gasteiger partial charge in [-0.3, -0.25) is 45.6 Å². The van der Waals surface area contributed by atoms with Gasteiger partial charge in [0.15, 0.2) is 0 Å². The predicted molar refractivity (Wildman–Crippen MR) is 106 cm³/mol. The molecule has 2 saturated heterocycles. The second kappa shape index (κ2) is 8.10. The van der Waals surface area contributed by atoms with Crippen molar-refractivity contribution in [2.75, 3.05) is 10.0 Å². The number of carbonyl (C=O) groups is 4. The Morgan fingerprint density at radius 3 is 2.09 bits per heavy atom. The number of para-hydroxylation sites is 1. The summed E-state index contributed by atoms with van der Waals surface area (Å²) in [5, 5.41) is 19.8. The highest BCUT2D eigenvalue weighted by Crippen LogP contribution is 2.21. The molecule has 2 heterocycles. The number of anilines is 2. The summed E-state index contributed by atoms with van der Waals surface area (Å²) in [5.41, 5.74) is 7.34. The van der Waals surface area contributed by atoms with Gasteiger partial charge in [0.1, 0.15) is 0 Å². The summed E-state index contributed by atoms with van der Waals surface area (Å²) in [6.07, 6.45) is 0. The smallest absolute Gasteiger partial charge is 0.270 e. The number of nitrogens with zero attached hydrogens (tertiary/aromatic N) is 5. The Bertz CT molecular complexity index is 1140. The molecule has 3 N–H and O–H groups in total. The van der Waals surface area contributed by atoms with Crippen LogP contribution in [0.3, 0.4) is 0 Å². The van der Waals surface area contributed by atoms with E-state index in [1.807, 2.05) is 0 Å². The Balaban J connectivity index is 1.41. The Morgan fingerprint density at radius 1 is 0.844 bits per heavy atom. The van der Waals surface area contributed by atoms with Gasteiger partial charge in [0.25, 0.3) is 29.3 Å². The third-order valence-corrected chi connectivity index (χ3v) is 4.57. The van der Waals surface area contributed by atoms with E-state index in [2.05, 4.69) is 26.6 Å². The van der Waals surface area contributed by atoms with Crippen molar-refractivity contribution in [2.24, 2.45) is 10.3 Å². The second-order valence-corrected chi connectivity index (χ2v) is 6.59. The van der Waals surface area contributed by atoms with Crippen LogP contribution < -0.4 is 26.3 Å². The minimum Gasteiger partial charge on any atom is -0.270 e. The topological polar surface area (TPSA) is 179 Å². The molecule has 14 heteroatoms. The molecule has 2 aromatic carbocycles. The average Bonchev–Trinajstić information content (AvgIpc) is 3.24. The van der Waals surface area contributed by atoms with Crippen LogP contribution in [0.5, 0.6) is 0 Å². The molecule has 0 aliphatic carbocycles. The predicted octanol–water partition coefficient (Wildman–Crippen LogP) is -0.255. The molecule has 14 nitrogen and oxygen atoms in total. The highest BCUT2D eigenvalue weighted by Gasteiger charge is 2.42. The Hall–Kier alpha value is -4.88. The minimum atomic E-state index is -1.49. The number of carbonyl (C=O) groups excluding carboxylic acids is 4. The van der Waals surface area contributed by atoms with Crippen LogP contribution in [0.2, 0.25) is 0 Å². The maximum absolute atomic E-state index is 12.5. The lowest BCUT2D eigenvalue weighted by Gasteiger charge is -2.14. The van der Waals surface area contributed by atoms with Crippen molar-refractivity contribution >= 4 is 40.7 Å². The molecule has 0 radical (unpaired) electrons. The fourth-order valence-electron chi connectivity index (χ4n) is 2.98. The summed E-state index contributed by atoms with van der Waals surface area (Å²) in [5.74, 6) is -2.92. The van der Waals surface area contributed by atoms with Gasteiger partial charge in [0.05, 0.1) is 16.3 Å². The molecule has 162 valence electrons. The number of hydrogen-bond acceptors (Lipinski definition) is 8. The molecule has 2 aliphatic rings. The number of rotatable bonds is 6. The molecule has 2 aromatic rings. The van der Waals surface area contributed by atoms with E-state index < -0.39 is 40.6 Å². The van der Waals surface area contributed by atoms with E-state index in [-0.39, 0.29) is 11.4 Å². The van der Waals surface area contributed by atoms with Crippen molar-refractivity contribution in [3.8, 4) is 0 Å². The lowest BCUT2D eigenvalue weighted by molar-refractivity contribution is -0.384. The lowest BCUT2D eigenvalue weighted by atomic mass is 10.2. The normalized spacial score (nSPS) is 20.6. The van der Waals surface area contributed by atoms with Gasteiger partial charge >= 0.3 is 0 Å². The molecular weight excluding hydrogens is 424 g/mol. The van der Waals surface area contributed by atoms with Crippen LogP contribution in [0.15, 0.2) is 64.9 Å². The Labute approximate surface area is 178 Å². The number of nitro groups is 1. The maximum Gasteiger partial charge on any atom is 0.282 e. The Morgan fingerprint density at radius 2 is 1.44 bits per heavy atom. The van der Waals surface area contributed by atoms with E-state index in [1.165, 1.54) is 24.3 Å². The first-order chi connectivity index (χ1) is 15.4. The van der Waals surface area contributed by atoms with E-state index in [4.69, 9.17) is 0 Å². The molecule has 2 unspecified atom stereocenters. The van der Waals surface area contributed by atoms with Crippen LogP contribution in [-0.4, -0.2) is 40.6 Å². The fraction of sp³-hybridized carbons (Fsp3) is 0.111. The SMILES string of the molecule is O=C1NN(c2ccccc2)C(=O)C1N=NNC1C(=O)NN(c2ccc([N+](=O)[O-])cc2)C1=O. The van der Waals surface area contributed by atoms with Gasteiger partial charge in [-0.2, -0.15) is 0 Å². The van der Waals surface area contributed by atoms with Gasteiger partial charge in [-0.15, -0.1) is 5.11 Å². The van der Waals surface area contributed by atoms with Gasteiger partial charge in [-0.1, -0.05) is 23.4 Å². The van der Waals surface area contributed by atoms with Crippen LogP contribution in [0, 0.1) is 10.1 Å².